The van der Waals surface area contributed by atoms with Gasteiger partial charge in [-0.15, -0.1) is 0 Å². The summed E-state index contributed by atoms with van der Waals surface area (Å²) >= 11 is 0. The third kappa shape index (κ3) is 4.11. The summed E-state index contributed by atoms with van der Waals surface area (Å²) in [6.45, 7) is 6.03. The van der Waals surface area contributed by atoms with E-state index >= 15 is 0 Å². The zero-order valence-electron chi connectivity index (χ0n) is 15.6. The molecule has 1 aromatic rings. The molecular weight excluding hydrogens is 330 g/mol. The van der Waals surface area contributed by atoms with Crippen LogP contribution < -0.4 is 9.64 Å². The first-order valence-electron chi connectivity index (χ1n) is 9.97. The predicted octanol–water partition coefficient (Wildman–Crippen LogP) is 2.48. The number of amides is 1. The Morgan fingerprint density at radius 1 is 1.27 bits per heavy atom. The highest BCUT2D eigenvalue weighted by atomic mass is 16.5. The van der Waals surface area contributed by atoms with E-state index in [1.54, 1.807) is 0 Å². The van der Waals surface area contributed by atoms with Gasteiger partial charge in [-0.1, -0.05) is 0 Å². The van der Waals surface area contributed by atoms with Crippen LogP contribution in [-0.4, -0.2) is 60.8 Å². The molecule has 2 saturated heterocycles. The highest BCUT2D eigenvalue weighted by Gasteiger charge is 2.32. The van der Waals surface area contributed by atoms with Crippen LogP contribution in [0.1, 0.15) is 39.0 Å². The number of ether oxygens (including phenoxy) is 2. The number of carbonyl (C=O) groups excluding carboxylic acids is 1. The summed E-state index contributed by atoms with van der Waals surface area (Å²) in [7, 11) is 0. The number of pyridine rings is 1. The number of carbonyl (C=O) groups is 1. The Morgan fingerprint density at radius 2 is 2.08 bits per heavy atom. The van der Waals surface area contributed by atoms with Crippen molar-refractivity contribution in [3.8, 4) is 5.75 Å². The molecule has 3 heterocycles. The average molecular weight is 359 g/mol. The van der Waals surface area contributed by atoms with Crippen molar-refractivity contribution in [1.82, 2.24) is 9.88 Å². The molecule has 0 unspecified atom stereocenters. The third-order valence-corrected chi connectivity index (χ3v) is 5.53. The van der Waals surface area contributed by atoms with E-state index in [4.69, 9.17) is 9.47 Å². The van der Waals surface area contributed by atoms with Crippen molar-refractivity contribution in [1.29, 1.82) is 0 Å². The molecule has 0 spiro atoms. The maximum atomic E-state index is 12.6. The second-order valence-electron chi connectivity index (χ2n) is 7.75. The molecule has 142 valence electrons. The van der Waals surface area contributed by atoms with Gasteiger partial charge in [0.25, 0.3) is 5.91 Å². The lowest BCUT2D eigenvalue weighted by Gasteiger charge is -2.23. The van der Waals surface area contributed by atoms with Crippen molar-refractivity contribution in [2.75, 3.05) is 37.7 Å². The highest BCUT2D eigenvalue weighted by Crippen LogP contribution is 2.31. The van der Waals surface area contributed by atoms with Gasteiger partial charge in [0.15, 0.2) is 11.6 Å². The van der Waals surface area contributed by atoms with Crippen molar-refractivity contribution >= 4 is 11.7 Å². The first-order chi connectivity index (χ1) is 12.7. The Morgan fingerprint density at radius 3 is 2.85 bits per heavy atom. The van der Waals surface area contributed by atoms with Crippen molar-refractivity contribution in [2.24, 2.45) is 5.92 Å². The van der Waals surface area contributed by atoms with E-state index < -0.39 is 0 Å². The molecule has 1 aliphatic carbocycles. The van der Waals surface area contributed by atoms with Crippen molar-refractivity contribution in [3.63, 3.8) is 0 Å². The molecule has 0 radical (unpaired) electrons. The molecule has 0 bridgehead atoms. The van der Waals surface area contributed by atoms with Gasteiger partial charge in [0.05, 0.1) is 13.2 Å². The van der Waals surface area contributed by atoms with E-state index in [1.807, 2.05) is 30.2 Å². The average Bonchev–Trinajstić information content (AvgIpc) is 3.12. The summed E-state index contributed by atoms with van der Waals surface area (Å²) in [5.41, 5.74) is 0. The minimum atomic E-state index is -0.354. The molecule has 4 rings (SSSR count). The Bertz CT molecular complexity index is 628. The summed E-state index contributed by atoms with van der Waals surface area (Å²) in [4.78, 5) is 21.3. The minimum absolute atomic E-state index is 0.0279. The molecule has 1 saturated carbocycles. The van der Waals surface area contributed by atoms with E-state index in [1.165, 1.54) is 25.7 Å². The molecule has 6 nitrogen and oxygen atoms in total. The van der Waals surface area contributed by atoms with Crippen LogP contribution in [0.4, 0.5) is 5.82 Å². The summed E-state index contributed by atoms with van der Waals surface area (Å²) < 4.78 is 12.0. The molecule has 3 aliphatic rings. The highest BCUT2D eigenvalue weighted by molar-refractivity contribution is 5.80. The molecule has 2 atom stereocenters. The smallest absolute Gasteiger partial charge is 0.251 e. The number of nitrogens with zero attached hydrogens (tertiary/aromatic N) is 3. The zero-order chi connectivity index (χ0) is 17.9. The maximum absolute atomic E-state index is 12.6. The lowest BCUT2D eigenvalue weighted by Crippen LogP contribution is -2.39. The van der Waals surface area contributed by atoms with E-state index in [9.17, 15) is 4.79 Å². The Kier molecular flexibility index (Phi) is 5.29. The Hall–Kier alpha value is -1.82. The fourth-order valence-corrected chi connectivity index (χ4v) is 3.74. The minimum Gasteiger partial charge on any atom is -0.485 e. The first-order valence-corrected chi connectivity index (χ1v) is 9.97. The number of likely N-dealkylation sites (tertiary alicyclic amines) is 1. The lowest BCUT2D eigenvalue weighted by atomic mass is 10.3. The molecule has 0 N–H and O–H groups in total. The van der Waals surface area contributed by atoms with Crippen LogP contribution in [0.5, 0.6) is 5.75 Å². The van der Waals surface area contributed by atoms with Crippen molar-refractivity contribution < 1.29 is 14.3 Å². The second-order valence-corrected chi connectivity index (χ2v) is 7.75. The molecule has 26 heavy (non-hydrogen) atoms. The van der Waals surface area contributed by atoms with Gasteiger partial charge in [0.1, 0.15) is 12.2 Å². The second kappa shape index (κ2) is 7.82. The van der Waals surface area contributed by atoms with Crippen LogP contribution >= 0.6 is 0 Å². The molecule has 1 amide bonds. The van der Waals surface area contributed by atoms with Gasteiger partial charge in [-0.25, -0.2) is 4.98 Å². The summed E-state index contributed by atoms with van der Waals surface area (Å²) in [6.07, 6.45) is 7.25. The summed E-state index contributed by atoms with van der Waals surface area (Å²) in [6, 6.07) is 3.91. The number of hydrogen-bond donors (Lipinski definition) is 0. The fraction of sp³-hybridized carbons (Fsp3) is 0.700. The van der Waals surface area contributed by atoms with Crippen LogP contribution in [0.2, 0.25) is 0 Å². The van der Waals surface area contributed by atoms with E-state index in [-0.39, 0.29) is 18.1 Å². The van der Waals surface area contributed by atoms with Gasteiger partial charge in [-0.05, 0) is 50.7 Å². The first kappa shape index (κ1) is 17.6. The van der Waals surface area contributed by atoms with E-state index in [2.05, 4.69) is 9.88 Å². The maximum Gasteiger partial charge on any atom is 0.251 e. The van der Waals surface area contributed by atoms with Gasteiger partial charge in [0, 0.05) is 32.3 Å². The molecule has 2 aliphatic heterocycles. The number of rotatable bonds is 7. The monoisotopic (exact) mass is 359 g/mol. The number of anilines is 1. The number of aromatic nitrogens is 1. The molecular formula is C20H29N3O3. The van der Waals surface area contributed by atoms with Crippen LogP contribution in [0, 0.1) is 5.92 Å². The topological polar surface area (TPSA) is 54.9 Å². The van der Waals surface area contributed by atoms with Gasteiger partial charge < -0.3 is 19.3 Å². The molecule has 3 fully saturated rings. The van der Waals surface area contributed by atoms with Crippen molar-refractivity contribution in [2.45, 2.75) is 51.2 Å². The molecule has 6 heteroatoms. The predicted molar refractivity (Wildman–Crippen MR) is 99.4 cm³/mol. The van der Waals surface area contributed by atoms with Crippen LogP contribution in [-0.2, 0) is 9.53 Å². The normalized spacial score (nSPS) is 24.1. The van der Waals surface area contributed by atoms with Gasteiger partial charge >= 0.3 is 0 Å². The number of hydrogen-bond acceptors (Lipinski definition) is 5. The lowest BCUT2D eigenvalue weighted by molar-refractivity contribution is -0.142. The van der Waals surface area contributed by atoms with Gasteiger partial charge in [0.2, 0.25) is 0 Å². The van der Waals surface area contributed by atoms with Gasteiger partial charge in [-0.3, -0.25) is 4.79 Å². The van der Waals surface area contributed by atoms with Crippen molar-refractivity contribution in [3.05, 3.63) is 18.3 Å². The Labute approximate surface area is 155 Å². The van der Waals surface area contributed by atoms with Crippen LogP contribution in [0.15, 0.2) is 18.3 Å². The summed E-state index contributed by atoms with van der Waals surface area (Å²) in [5.74, 6) is 2.54. The zero-order valence-corrected chi connectivity index (χ0v) is 15.6. The molecule has 1 aromatic heterocycles. The van der Waals surface area contributed by atoms with E-state index in [0.717, 1.165) is 44.2 Å². The molecule has 0 aromatic carbocycles. The SMILES string of the molecule is C[C@H](OCC1CC1)C(=O)N1CC[C@@H](Oc2cccnc2N2CCCC2)C1. The fourth-order valence-electron chi connectivity index (χ4n) is 3.74. The van der Waals surface area contributed by atoms with Gasteiger partial charge in [-0.2, -0.15) is 0 Å². The standard InChI is InChI=1S/C20H29N3O3/c1-15(25-14-16-6-7-16)20(24)23-12-8-17(13-23)26-18-5-4-9-21-19(18)22-10-2-3-11-22/h4-5,9,15-17H,2-3,6-8,10-14H2,1H3/t15-,17+/m0/s1. The summed E-state index contributed by atoms with van der Waals surface area (Å²) in [5, 5.41) is 0. The third-order valence-electron chi connectivity index (χ3n) is 5.53. The largest absolute Gasteiger partial charge is 0.485 e. The van der Waals surface area contributed by atoms with Crippen LogP contribution in [0.3, 0.4) is 0 Å². The van der Waals surface area contributed by atoms with Crippen LogP contribution in [0.25, 0.3) is 0 Å². The quantitative estimate of drug-likeness (QED) is 0.749. The van der Waals surface area contributed by atoms with E-state index in [0.29, 0.717) is 12.5 Å². The Balaban J connectivity index is 1.32.